The zero-order valence-electron chi connectivity index (χ0n) is 16.4. The van der Waals surface area contributed by atoms with Gasteiger partial charge in [0.1, 0.15) is 12.1 Å². The van der Waals surface area contributed by atoms with Crippen LogP contribution in [0.4, 0.5) is 0 Å². The van der Waals surface area contributed by atoms with Crippen LogP contribution >= 0.6 is 0 Å². The second-order valence-corrected chi connectivity index (χ2v) is 8.21. The van der Waals surface area contributed by atoms with E-state index >= 15 is 0 Å². The molecular formula is C22H28N2O4. The lowest BCUT2D eigenvalue weighted by atomic mass is 10.0. The van der Waals surface area contributed by atoms with E-state index in [1.54, 1.807) is 9.80 Å². The Morgan fingerprint density at radius 2 is 1.57 bits per heavy atom. The molecule has 0 bridgehead atoms. The highest BCUT2D eigenvalue weighted by Crippen LogP contribution is 2.31. The lowest BCUT2D eigenvalue weighted by Crippen LogP contribution is -2.51. The summed E-state index contributed by atoms with van der Waals surface area (Å²) in [6, 6.07) is 7.45. The number of nitrogens with zero attached hydrogens (tertiary/aromatic N) is 2. The van der Waals surface area contributed by atoms with Gasteiger partial charge in [0.2, 0.25) is 11.8 Å². The van der Waals surface area contributed by atoms with Crippen molar-refractivity contribution in [1.82, 2.24) is 9.80 Å². The van der Waals surface area contributed by atoms with Crippen LogP contribution in [0.15, 0.2) is 24.3 Å². The van der Waals surface area contributed by atoms with Gasteiger partial charge in [0.25, 0.3) is 0 Å². The summed E-state index contributed by atoms with van der Waals surface area (Å²) in [5.41, 5.74) is 2.68. The van der Waals surface area contributed by atoms with E-state index in [2.05, 4.69) is 12.1 Å². The number of methoxy groups -OCH3 is 1. The van der Waals surface area contributed by atoms with Crippen molar-refractivity contribution in [2.75, 3.05) is 20.2 Å². The van der Waals surface area contributed by atoms with E-state index in [1.165, 1.54) is 18.2 Å². The van der Waals surface area contributed by atoms with E-state index in [1.807, 2.05) is 12.1 Å². The molecule has 3 aliphatic rings. The van der Waals surface area contributed by atoms with E-state index < -0.39 is 12.1 Å². The molecule has 4 rings (SSSR count). The summed E-state index contributed by atoms with van der Waals surface area (Å²) in [7, 11) is 1.36. The first-order valence-electron chi connectivity index (χ1n) is 10.3. The van der Waals surface area contributed by atoms with Gasteiger partial charge in [-0.2, -0.15) is 0 Å². The van der Waals surface area contributed by atoms with Crippen molar-refractivity contribution in [3.63, 3.8) is 0 Å². The number of carbonyl (C=O) groups excluding carboxylic acids is 3. The van der Waals surface area contributed by atoms with Gasteiger partial charge in [0.15, 0.2) is 0 Å². The number of esters is 1. The maximum absolute atomic E-state index is 13.1. The largest absolute Gasteiger partial charge is 0.467 e. The molecule has 0 spiro atoms. The van der Waals surface area contributed by atoms with Crippen molar-refractivity contribution in [2.45, 2.75) is 57.0 Å². The molecule has 150 valence electrons. The topological polar surface area (TPSA) is 66.9 Å². The van der Waals surface area contributed by atoms with Crippen LogP contribution in [-0.4, -0.2) is 59.9 Å². The fraction of sp³-hybridized carbons (Fsp3) is 0.591. The molecule has 0 saturated carbocycles. The van der Waals surface area contributed by atoms with Crippen molar-refractivity contribution < 1.29 is 19.1 Å². The normalized spacial score (nSPS) is 24.5. The van der Waals surface area contributed by atoms with Gasteiger partial charge in [-0.1, -0.05) is 24.3 Å². The van der Waals surface area contributed by atoms with Crippen molar-refractivity contribution >= 4 is 17.8 Å². The van der Waals surface area contributed by atoms with Crippen molar-refractivity contribution in [1.29, 1.82) is 0 Å². The zero-order valence-corrected chi connectivity index (χ0v) is 16.4. The summed E-state index contributed by atoms with van der Waals surface area (Å²) >= 11 is 0. The Morgan fingerprint density at radius 3 is 2.21 bits per heavy atom. The molecule has 0 aromatic heterocycles. The van der Waals surface area contributed by atoms with Gasteiger partial charge in [0.05, 0.1) is 7.11 Å². The van der Waals surface area contributed by atoms with Crippen LogP contribution in [0.25, 0.3) is 0 Å². The summed E-state index contributed by atoms with van der Waals surface area (Å²) < 4.78 is 4.86. The van der Waals surface area contributed by atoms with Gasteiger partial charge in [-0.05, 0) is 55.6 Å². The molecule has 2 amide bonds. The Hall–Kier alpha value is -2.37. The number of benzene rings is 1. The number of fused-ring (bicyclic) bond motifs is 1. The average Bonchev–Trinajstić information content (AvgIpc) is 3.44. The number of hydrogen-bond acceptors (Lipinski definition) is 4. The van der Waals surface area contributed by atoms with Crippen molar-refractivity contribution in [2.24, 2.45) is 5.92 Å². The third kappa shape index (κ3) is 3.52. The molecule has 0 N–H and O–H groups in total. The summed E-state index contributed by atoms with van der Waals surface area (Å²) in [6.45, 7) is 1.20. The van der Waals surface area contributed by atoms with Gasteiger partial charge in [-0.15, -0.1) is 0 Å². The minimum absolute atomic E-state index is 0.0717. The highest BCUT2D eigenvalue weighted by molar-refractivity contribution is 5.91. The summed E-state index contributed by atoms with van der Waals surface area (Å²) in [4.78, 5) is 41.5. The minimum atomic E-state index is -0.501. The number of likely N-dealkylation sites (tertiary alicyclic amines) is 2. The summed E-state index contributed by atoms with van der Waals surface area (Å²) in [6.07, 6.45) is 5.31. The lowest BCUT2D eigenvalue weighted by Gasteiger charge is -2.31. The van der Waals surface area contributed by atoms with Crippen LogP contribution in [0.2, 0.25) is 0 Å². The molecule has 2 heterocycles. The monoisotopic (exact) mass is 384 g/mol. The van der Waals surface area contributed by atoms with Crippen molar-refractivity contribution in [3.8, 4) is 0 Å². The number of ether oxygens (including phenoxy) is 1. The maximum Gasteiger partial charge on any atom is 0.328 e. The predicted molar refractivity (Wildman–Crippen MR) is 103 cm³/mol. The molecule has 1 aromatic rings. The number of amides is 2. The van der Waals surface area contributed by atoms with Gasteiger partial charge in [-0.25, -0.2) is 4.79 Å². The molecule has 1 aliphatic carbocycles. The average molecular weight is 384 g/mol. The molecule has 2 fully saturated rings. The second kappa shape index (κ2) is 7.94. The highest BCUT2D eigenvalue weighted by Gasteiger charge is 2.42. The standard InChI is InChI=1S/C22H28N2O4/c1-28-22(27)19-9-5-11-24(19)21(26)18-8-4-10-23(18)20(25)14-15-12-16-6-2-3-7-17(16)13-15/h2-3,6-7,15,18-19H,4-5,8-14H2,1H3/t18-,19-/m0/s1. The Labute approximate surface area is 165 Å². The Kier molecular flexibility index (Phi) is 5.38. The van der Waals surface area contributed by atoms with Gasteiger partial charge in [0, 0.05) is 19.5 Å². The van der Waals surface area contributed by atoms with E-state index in [0.29, 0.717) is 38.3 Å². The molecule has 6 nitrogen and oxygen atoms in total. The third-order valence-corrected chi connectivity index (χ3v) is 6.47. The Balaban J connectivity index is 1.40. The minimum Gasteiger partial charge on any atom is -0.467 e. The fourth-order valence-electron chi connectivity index (χ4n) is 5.08. The van der Waals surface area contributed by atoms with Crippen LogP contribution in [-0.2, 0) is 32.0 Å². The number of carbonyl (C=O) groups is 3. The van der Waals surface area contributed by atoms with E-state index in [-0.39, 0.29) is 17.8 Å². The van der Waals surface area contributed by atoms with Crippen LogP contribution in [0, 0.1) is 5.92 Å². The molecule has 2 atom stereocenters. The lowest BCUT2D eigenvalue weighted by molar-refractivity contribution is -0.153. The first kappa shape index (κ1) is 19.0. The van der Waals surface area contributed by atoms with E-state index in [0.717, 1.165) is 25.7 Å². The molecule has 2 aliphatic heterocycles. The van der Waals surface area contributed by atoms with Crippen LogP contribution < -0.4 is 0 Å². The molecule has 28 heavy (non-hydrogen) atoms. The van der Waals surface area contributed by atoms with Crippen LogP contribution in [0.5, 0.6) is 0 Å². The van der Waals surface area contributed by atoms with E-state index in [4.69, 9.17) is 4.74 Å². The molecule has 2 saturated heterocycles. The first-order valence-corrected chi connectivity index (χ1v) is 10.3. The molecule has 0 radical (unpaired) electrons. The molecule has 6 heteroatoms. The molecule has 1 aromatic carbocycles. The van der Waals surface area contributed by atoms with Crippen LogP contribution in [0.3, 0.4) is 0 Å². The molecular weight excluding hydrogens is 356 g/mol. The first-order chi connectivity index (χ1) is 13.6. The third-order valence-electron chi connectivity index (χ3n) is 6.47. The maximum atomic E-state index is 13.1. The van der Waals surface area contributed by atoms with Crippen molar-refractivity contribution in [3.05, 3.63) is 35.4 Å². The quantitative estimate of drug-likeness (QED) is 0.744. The Morgan fingerprint density at radius 1 is 0.964 bits per heavy atom. The molecule has 0 unspecified atom stereocenters. The number of rotatable bonds is 4. The fourth-order valence-corrected chi connectivity index (χ4v) is 5.08. The van der Waals surface area contributed by atoms with Gasteiger partial charge < -0.3 is 14.5 Å². The smallest absolute Gasteiger partial charge is 0.328 e. The van der Waals surface area contributed by atoms with Gasteiger partial charge in [-0.3, -0.25) is 9.59 Å². The van der Waals surface area contributed by atoms with Gasteiger partial charge >= 0.3 is 5.97 Å². The van der Waals surface area contributed by atoms with Crippen LogP contribution in [0.1, 0.15) is 43.2 Å². The second-order valence-electron chi connectivity index (χ2n) is 8.21. The summed E-state index contributed by atoms with van der Waals surface area (Å²) in [5, 5.41) is 0. The SMILES string of the molecule is COC(=O)[C@@H]1CCCN1C(=O)[C@@H]1CCCN1C(=O)CC1Cc2ccccc2C1. The highest BCUT2D eigenvalue weighted by atomic mass is 16.5. The Bertz CT molecular complexity index is 753. The zero-order chi connectivity index (χ0) is 19.7. The predicted octanol–water partition coefficient (Wildman–Crippen LogP) is 1.95. The summed E-state index contributed by atoms with van der Waals surface area (Å²) in [5.74, 6) is -0.0581. The number of hydrogen-bond donors (Lipinski definition) is 0. The van der Waals surface area contributed by atoms with E-state index in [9.17, 15) is 14.4 Å².